The van der Waals surface area contributed by atoms with Crippen LogP contribution in [-0.2, 0) is 20.2 Å². The number of ketones is 2. The monoisotopic (exact) mass is 852 g/mol. The number of carboxylic acid groups (broad SMARTS) is 2. The average molecular weight is 853 g/mol. The predicted molar refractivity (Wildman–Crippen MR) is 217 cm³/mol. The van der Waals surface area contributed by atoms with Gasteiger partial charge in [-0.3, -0.25) is 39.1 Å². The first-order valence-corrected chi connectivity index (χ1v) is 19.7. The van der Waals surface area contributed by atoms with Crippen molar-refractivity contribution in [1.82, 2.24) is 0 Å². The van der Waals surface area contributed by atoms with E-state index in [0.29, 0.717) is 0 Å². The van der Waals surface area contributed by atoms with Crippen LogP contribution >= 0.6 is 0 Å². The Morgan fingerprint density at radius 3 is 1.15 bits per heavy atom. The molecule has 302 valence electrons. The maximum atomic E-state index is 13.4. The van der Waals surface area contributed by atoms with Crippen molar-refractivity contribution in [3.8, 4) is 0 Å². The summed E-state index contributed by atoms with van der Waals surface area (Å²) in [4.78, 5) is 72.8. The van der Waals surface area contributed by atoms with Gasteiger partial charge in [0.25, 0.3) is 31.1 Å². The Morgan fingerprint density at radius 1 is 0.500 bits per heavy atom. The molecule has 0 saturated carbocycles. The quantitative estimate of drug-likeness (QED) is 0.0500. The number of hydrazone groups is 2. The zero-order chi connectivity index (χ0) is 43.3. The summed E-state index contributed by atoms with van der Waals surface area (Å²) >= 11 is 0. The van der Waals surface area contributed by atoms with Crippen molar-refractivity contribution in [2.45, 2.75) is 0 Å². The van der Waals surface area contributed by atoms with Gasteiger partial charge in [-0.05, 0) is 108 Å². The number of aromatic carboxylic acids is 2. The highest BCUT2D eigenvalue weighted by molar-refractivity contribution is 7.91. The maximum Gasteiger partial charge on any atom is 0.335 e. The maximum absolute atomic E-state index is 13.4. The predicted octanol–water partition coefficient (Wildman–Crippen LogP) is 3.95. The van der Waals surface area contributed by atoms with Gasteiger partial charge in [-0.2, -0.15) is 27.0 Å². The van der Waals surface area contributed by atoms with Crippen LogP contribution in [0, 0.1) is 0 Å². The molecule has 0 fully saturated rings. The molecule has 0 radical (unpaired) electrons. The third-order valence-corrected chi connectivity index (χ3v) is 10.7. The highest BCUT2D eigenvalue weighted by atomic mass is 32.2. The lowest BCUT2D eigenvalue weighted by atomic mass is 9.94. The van der Waals surface area contributed by atoms with Gasteiger partial charge in [0.05, 0.1) is 22.5 Å². The van der Waals surface area contributed by atoms with Crippen LogP contribution in [0.25, 0.3) is 12.2 Å². The molecule has 0 atom stereocenters. The molecular formula is C38H24N6O14S2. The number of carboxylic acids is 2. The molecule has 7 rings (SSSR count). The van der Waals surface area contributed by atoms with E-state index in [1.165, 1.54) is 84.9 Å². The number of fused-ring (bicyclic) bond motifs is 2. The van der Waals surface area contributed by atoms with E-state index < -0.39 is 75.8 Å². The molecule has 60 heavy (non-hydrogen) atoms. The van der Waals surface area contributed by atoms with Gasteiger partial charge in [0.1, 0.15) is 21.2 Å². The fourth-order valence-electron chi connectivity index (χ4n) is 5.97. The van der Waals surface area contributed by atoms with Crippen LogP contribution in [0.15, 0.2) is 115 Å². The lowest BCUT2D eigenvalue weighted by Gasteiger charge is -2.20. The number of carbonyl (C=O) groups is 4. The Hall–Kier alpha value is -7.92. The van der Waals surface area contributed by atoms with Crippen molar-refractivity contribution < 1.29 is 55.3 Å². The van der Waals surface area contributed by atoms with Crippen molar-refractivity contribution >= 4 is 101 Å². The molecule has 2 aliphatic carbocycles. The van der Waals surface area contributed by atoms with Crippen molar-refractivity contribution in [2.24, 2.45) is 10.2 Å². The first-order chi connectivity index (χ1) is 28.3. The molecule has 0 aromatic heterocycles. The van der Waals surface area contributed by atoms with E-state index in [1.807, 2.05) is 0 Å². The van der Waals surface area contributed by atoms with Gasteiger partial charge >= 0.3 is 11.9 Å². The van der Waals surface area contributed by atoms with Gasteiger partial charge in [0.2, 0.25) is 11.6 Å². The number of carbonyl (C=O) groups excluding carboxylic acids is 2. The molecule has 0 spiro atoms. The minimum Gasteiger partial charge on any atom is -0.478 e. The first kappa shape index (κ1) is 40.3. The summed E-state index contributed by atoms with van der Waals surface area (Å²) in [6.07, 6.45) is 1.92. The van der Waals surface area contributed by atoms with Crippen LogP contribution in [0.5, 0.6) is 0 Å². The van der Waals surface area contributed by atoms with E-state index >= 15 is 0 Å². The molecule has 20 nitrogen and oxygen atoms in total. The van der Waals surface area contributed by atoms with E-state index in [1.54, 1.807) is 0 Å². The fraction of sp³-hybridized carbons (Fsp3) is 0. The lowest BCUT2D eigenvalue weighted by molar-refractivity contribution is 0.0686. The summed E-state index contributed by atoms with van der Waals surface area (Å²) in [5.74, 6) is -4.22. The van der Waals surface area contributed by atoms with Crippen molar-refractivity contribution in [1.29, 1.82) is 0 Å². The zero-order valence-electron chi connectivity index (χ0n) is 29.8. The smallest absolute Gasteiger partial charge is 0.335 e. The van der Waals surface area contributed by atoms with Crippen LogP contribution in [0.2, 0.25) is 0 Å². The number of allylic oxidation sites excluding steroid dienone is 2. The first-order valence-electron chi connectivity index (χ1n) is 16.8. The third kappa shape index (κ3) is 7.84. The van der Waals surface area contributed by atoms with Crippen molar-refractivity contribution in [2.75, 3.05) is 21.5 Å². The fourth-order valence-corrected chi connectivity index (χ4v) is 7.29. The summed E-state index contributed by atoms with van der Waals surface area (Å²) in [5.41, 5.74) is 1.41. The number of hydrogen-bond donors (Lipinski definition) is 8. The van der Waals surface area contributed by atoms with E-state index in [4.69, 9.17) is 10.2 Å². The molecule has 0 amide bonds. The van der Waals surface area contributed by atoms with E-state index in [-0.39, 0.29) is 67.5 Å². The Labute approximate surface area is 336 Å². The normalized spacial score (nSPS) is 15.2. The summed E-state index contributed by atoms with van der Waals surface area (Å²) in [7, 11) is -10.1. The Morgan fingerprint density at radius 2 is 0.833 bits per heavy atom. The highest BCUT2D eigenvalue weighted by Gasteiger charge is 2.35. The molecule has 0 bridgehead atoms. The molecule has 0 aliphatic heterocycles. The van der Waals surface area contributed by atoms with Gasteiger partial charge in [-0.15, -0.1) is 0 Å². The molecule has 0 heterocycles. The molecule has 5 aromatic rings. The summed E-state index contributed by atoms with van der Waals surface area (Å²) < 4.78 is 69.4. The number of hydrogen-bond acceptors (Lipinski definition) is 16. The van der Waals surface area contributed by atoms with Crippen LogP contribution in [0.3, 0.4) is 0 Å². The topological polar surface area (TPSA) is 324 Å². The summed E-state index contributed by atoms with van der Waals surface area (Å²) in [5, 5.41) is 31.4. The Kier molecular flexibility index (Phi) is 10.1. The minimum atomic E-state index is -5.05. The molecule has 2 aliphatic rings. The molecule has 8 N–H and O–H groups in total. The van der Waals surface area contributed by atoms with Crippen molar-refractivity contribution in [3.05, 3.63) is 149 Å². The Balaban J connectivity index is 1.13. The molecular weight excluding hydrogens is 829 g/mol. The Bertz CT molecular complexity index is 2950. The second-order valence-electron chi connectivity index (χ2n) is 12.8. The van der Waals surface area contributed by atoms with Crippen LogP contribution in [0.1, 0.15) is 52.6 Å². The second-order valence-corrected chi connectivity index (χ2v) is 15.6. The van der Waals surface area contributed by atoms with Crippen molar-refractivity contribution in [3.63, 3.8) is 0 Å². The lowest BCUT2D eigenvalue weighted by Crippen LogP contribution is -2.36. The van der Waals surface area contributed by atoms with E-state index in [0.717, 1.165) is 12.2 Å². The van der Waals surface area contributed by atoms with E-state index in [9.17, 15) is 54.7 Å². The standard InChI is InChI=1S/C38H24N6O14S2/c45-33-25-11-9-23(13-19(25)15-27(59(53,54)55)29(33)43-41-21-5-1-17(2-6-21)37(49)50)39-31-32(36(48)35(31)47)40-24-10-12-26-20(14-24)16-28(60(56,57)58)30(34(26)46)44-42-22-7-3-18(4-8-22)38(51)52/h1-16,39-42H,(H,49,50)(H,51,52)(H,53,54,55)(H,56,57,58)/b43-29-,44-30-. The number of rotatable bonds is 12. The number of benzene rings is 4. The van der Waals surface area contributed by atoms with Gasteiger partial charge in [0, 0.05) is 22.5 Å². The summed E-state index contributed by atoms with van der Waals surface area (Å²) in [6, 6.07) is 18.0. The number of Topliss-reactive ketones (excluding diaryl/α,β-unsaturated/α-hetero) is 2. The largest absolute Gasteiger partial charge is 0.478 e. The SMILES string of the molecule is O=C(O)c1ccc(N/N=C2\C(=O)c3ccc(Nc4c(Nc5ccc6c(c5)C=C(S(=O)(=O)O)/C(=N/Nc5ccc(C(=O)O)cc5)C6=O)c(=O)c4=O)cc3C=C2S(=O)(=O)O)cc1. The van der Waals surface area contributed by atoms with Crippen LogP contribution < -0.4 is 32.3 Å². The van der Waals surface area contributed by atoms with Crippen LogP contribution in [0.4, 0.5) is 34.1 Å². The zero-order valence-corrected chi connectivity index (χ0v) is 31.5. The van der Waals surface area contributed by atoms with Crippen LogP contribution in [-0.4, -0.2) is 71.1 Å². The number of anilines is 6. The van der Waals surface area contributed by atoms with Gasteiger partial charge < -0.3 is 20.8 Å². The average Bonchev–Trinajstić information content (AvgIpc) is 3.20. The minimum absolute atomic E-state index is 0.0226. The molecule has 0 saturated heterocycles. The third-order valence-electron chi connectivity index (χ3n) is 8.92. The molecule has 0 unspecified atom stereocenters. The number of nitrogens with one attached hydrogen (secondary N) is 4. The summed E-state index contributed by atoms with van der Waals surface area (Å²) in [6.45, 7) is 0. The highest BCUT2D eigenvalue weighted by Crippen LogP contribution is 2.33. The van der Waals surface area contributed by atoms with Gasteiger partial charge in [0.15, 0.2) is 11.4 Å². The number of nitrogens with zero attached hydrogens (tertiary/aromatic N) is 2. The van der Waals surface area contributed by atoms with Gasteiger partial charge in [-0.1, -0.05) is 0 Å². The van der Waals surface area contributed by atoms with E-state index in [2.05, 4.69) is 31.7 Å². The second kappa shape index (κ2) is 15.1. The molecule has 5 aromatic carbocycles. The molecule has 22 heteroatoms. The van der Waals surface area contributed by atoms with Gasteiger partial charge in [-0.25, -0.2) is 9.59 Å².